The van der Waals surface area contributed by atoms with E-state index in [0.717, 1.165) is 25.8 Å². The number of carbonyl (C=O) groups is 1. The van der Waals surface area contributed by atoms with Crippen LogP contribution < -0.4 is 5.14 Å². The highest BCUT2D eigenvalue weighted by Crippen LogP contribution is 2.29. The lowest BCUT2D eigenvalue weighted by Gasteiger charge is -2.32. The van der Waals surface area contributed by atoms with Crippen LogP contribution in [0.1, 0.15) is 40.0 Å². The van der Waals surface area contributed by atoms with Gasteiger partial charge < -0.3 is 4.90 Å². The van der Waals surface area contributed by atoms with Gasteiger partial charge in [0.25, 0.3) is 0 Å². The molecule has 0 unspecified atom stereocenters. The van der Waals surface area contributed by atoms with E-state index < -0.39 is 4.75 Å². The van der Waals surface area contributed by atoms with Crippen molar-refractivity contribution in [2.24, 2.45) is 5.14 Å². The number of carbonyl (C=O) groups excluding carboxylic acids is 1. The molecule has 0 bridgehead atoms. The van der Waals surface area contributed by atoms with Gasteiger partial charge in [-0.05, 0) is 33.1 Å². The normalized spacial score (nSPS) is 26.3. The minimum absolute atomic E-state index is 0.206. The number of hydrogen-bond donors (Lipinski definition) is 1. The Kier molecular flexibility index (Phi) is 3.84. The van der Waals surface area contributed by atoms with Crippen molar-refractivity contribution < 1.29 is 4.79 Å². The standard InChI is InChI=1S/C10H20N2OS/c1-4-10(3,14-11)9(13)12-7-5-6-8(12)2/h8H,4-7,11H2,1-3H3/t8-,10+/m1/s1. The summed E-state index contributed by atoms with van der Waals surface area (Å²) in [7, 11) is 0. The molecule has 1 heterocycles. The molecule has 1 rings (SSSR count). The predicted molar refractivity (Wildman–Crippen MR) is 60.9 cm³/mol. The lowest BCUT2D eigenvalue weighted by molar-refractivity contribution is -0.134. The van der Waals surface area contributed by atoms with Crippen LogP contribution >= 0.6 is 11.9 Å². The lowest BCUT2D eigenvalue weighted by atomic mass is 10.1. The Hall–Kier alpha value is -0.220. The van der Waals surface area contributed by atoms with Gasteiger partial charge in [-0.25, -0.2) is 0 Å². The first kappa shape index (κ1) is 11.9. The molecule has 1 amide bonds. The summed E-state index contributed by atoms with van der Waals surface area (Å²) in [5.41, 5.74) is 0. The Bertz CT molecular complexity index is 216. The Balaban J connectivity index is 2.72. The van der Waals surface area contributed by atoms with E-state index in [2.05, 4.69) is 6.92 Å². The van der Waals surface area contributed by atoms with Crippen molar-refractivity contribution in [3.8, 4) is 0 Å². The third-order valence-electron chi connectivity index (χ3n) is 3.20. The second-order valence-electron chi connectivity index (χ2n) is 4.19. The van der Waals surface area contributed by atoms with Crippen LogP contribution in [0.4, 0.5) is 0 Å². The second-order valence-corrected chi connectivity index (χ2v) is 5.33. The lowest BCUT2D eigenvalue weighted by Crippen LogP contribution is -2.46. The van der Waals surface area contributed by atoms with E-state index in [1.54, 1.807) is 0 Å². The van der Waals surface area contributed by atoms with E-state index in [1.807, 2.05) is 18.7 Å². The molecule has 2 N–H and O–H groups in total. The molecule has 2 atom stereocenters. The number of likely N-dealkylation sites (tertiary alicyclic amines) is 1. The van der Waals surface area contributed by atoms with Crippen LogP contribution in [0.3, 0.4) is 0 Å². The van der Waals surface area contributed by atoms with Gasteiger partial charge in [-0.1, -0.05) is 18.9 Å². The molecule has 4 heteroatoms. The molecule has 0 radical (unpaired) electrons. The third kappa shape index (κ3) is 2.06. The summed E-state index contributed by atoms with van der Waals surface area (Å²) in [5, 5.41) is 5.60. The molecule has 0 aromatic rings. The fourth-order valence-corrected chi connectivity index (χ4v) is 2.21. The largest absolute Gasteiger partial charge is 0.339 e. The molecular formula is C10H20N2OS. The molecule has 0 spiro atoms. The topological polar surface area (TPSA) is 46.3 Å². The molecule has 1 saturated heterocycles. The molecule has 1 fully saturated rings. The predicted octanol–water partition coefficient (Wildman–Crippen LogP) is 1.77. The Morgan fingerprint density at radius 3 is 2.71 bits per heavy atom. The highest BCUT2D eigenvalue weighted by molar-refractivity contribution is 7.99. The average molecular weight is 216 g/mol. The highest BCUT2D eigenvalue weighted by Gasteiger charge is 2.38. The molecule has 0 aromatic carbocycles. The van der Waals surface area contributed by atoms with Crippen LogP contribution in [0.2, 0.25) is 0 Å². The molecule has 0 saturated carbocycles. The summed E-state index contributed by atoms with van der Waals surface area (Å²) in [6.45, 7) is 6.96. The Labute approximate surface area is 90.5 Å². The van der Waals surface area contributed by atoms with Crippen molar-refractivity contribution in [2.45, 2.75) is 50.8 Å². The quantitative estimate of drug-likeness (QED) is 0.731. The molecule has 14 heavy (non-hydrogen) atoms. The van der Waals surface area contributed by atoms with Crippen molar-refractivity contribution in [2.75, 3.05) is 6.54 Å². The molecule has 1 aliphatic rings. The van der Waals surface area contributed by atoms with Crippen molar-refractivity contribution >= 4 is 17.9 Å². The van der Waals surface area contributed by atoms with Gasteiger partial charge in [0.1, 0.15) is 4.75 Å². The minimum atomic E-state index is -0.432. The zero-order chi connectivity index (χ0) is 10.8. The summed E-state index contributed by atoms with van der Waals surface area (Å²) in [5.74, 6) is 0.206. The van der Waals surface area contributed by atoms with Crippen LogP contribution in [-0.2, 0) is 4.79 Å². The molecule has 1 aliphatic heterocycles. The van der Waals surface area contributed by atoms with Crippen molar-refractivity contribution in [1.29, 1.82) is 0 Å². The van der Waals surface area contributed by atoms with Gasteiger partial charge in [0.05, 0.1) is 0 Å². The maximum absolute atomic E-state index is 12.2. The second kappa shape index (κ2) is 4.53. The van der Waals surface area contributed by atoms with Crippen LogP contribution in [-0.4, -0.2) is 28.1 Å². The minimum Gasteiger partial charge on any atom is -0.339 e. The van der Waals surface area contributed by atoms with E-state index in [9.17, 15) is 4.79 Å². The van der Waals surface area contributed by atoms with Crippen molar-refractivity contribution in [1.82, 2.24) is 4.90 Å². The van der Waals surface area contributed by atoms with Gasteiger partial charge in [0, 0.05) is 12.6 Å². The summed E-state index contributed by atoms with van der Waals surface area (Å²) in [6, 6.07) is 0.389. The number of amides is 1. The zero-order valence-electron chi connectivity index (χ0n) is 9.25. The van der Waals surface area contributed by atoms with E-state index in [4.69, 9.17) is 5.14 Å². The Morgan fingerprint density at radius 1 is 1.71 bits per heavy atom. The third-order valence-corrected chi connectivity index (χ3v) is 4.18. The first-order valence-electron chi connectivity index (χ1n) is 5.24. The SMILES string of the molecule is CC[C@](C)(SN)C(=O)N1CCC[C@H]1C. The van der Waals surface area contributed by atoms with Crippen molar-refractivity contribution in [3.05, 3.63) is 0 Å². The van der Waals surface area contributed by atoms with Crippen LogP contribution in [0.15, 0.2) is 0 Å². The maximum Gasteiger partial charge on any atom is 0.240 e. The number of rotatable bonds is 3. The molecular weight excluding hydrogens is 196 g/mol. The van der Waals surface area contributed by atoms with Gasteiger partial charge in [-0.3, -0.25) is 9.93 Å². The molecule has 0 aromatic heterocycles. The van der Waals surface area contributed by atoms with Gasteiger partial charge in [0.2, 0.25) is 5.91 Å². The van der Waals surface area contributed by atoms with E-state index in [-0.39, 0.29) is 5.91 Å². The van der Waals surface area contributed by atoms with Gasteiger partial charge in [-0.15, -0.1) is 0 Å². The first-order chi connectivity index (χ1) is 6.55. The monoisotopic (exact) mass is 216 g/mol. The fraction of sp³-hybridized carbons (Fsp3) is 0.900. The number of nitrogens with two attached hydrogens (primary N) is 1. The number of hydrogen-bond acceptors (Lipinski definition) is 3. The smallest absolute Gasteiger partial charge is 0.240 e. The molecule has 3 nitrogen and oxygen atoms in total. The van der Waals surface area contributed by atoms with E-state index in [1.165, 1.54) is 11.9 Å². The van der Waals surface area contributed by atoms with Gasteiger partial charge >= 0.3 is 0 Å². The van der Waals surface area contributed by atoms with Crippen LogP contribution in [0.5, 0.6) is 0 Å². The summed E-state index contributed by atoms with van der Waals surface area (Å²) < 4.78 is -0.432. The van der Waals surface area contributed by atoms with Crippen LogP contribution in [0, 0.1) is 0 Å². The summed E-state index contributed by atoms with van der Waals surface area (Å²) >= 11 is 1.18. The Morgan fingerprint density at radius 2 is 2.36 bits per heavy atom. The molecule has 0 aliphatic carbocycles. The highest BCUT2D eigenvalue weighted by atomic mass is 32.2. The maximum atomic E-state index is 12.2. The van der Waals surface area contributed by atoms with Crippen molar-refractivity contribution in [3.63, 3.8) is 0 Å². The summed E-state index contributed by atoms with van der Waals surface area (Å²) in [6.07, 6.45) is 3.04. The van der Waals surface area contributed by atoms with E-state index in [0.29, 0.717) is 6.04 Å². The van der Waals surface area contributed by atoms with E-state index >= 15 is 0 Å². The molecule has 82 valence electrons. The first-order valence-corrected chi connectivity index (χ1v) is 6.12. The fourth-order valence-electron chi connectivity index (χ4n) is 1.82. The average Bonchev–Trinajstić information content (AvgIpc) is 2.62. The number of nitrogens with zero attached hydrogens (tertiary/aromatic N) is 1. The zero-order valence-corrected chi connectivity index (χ0v) is 10.1. The summed E-state index contributed by atoms with van der Waals surface area (Å²) in [4.78, 5) is 14.1. The van der Waals surface area contributed by atoms with Gasteiger partial charge in [-0.2, -0.15) is 0 Å². The van der Waals surface area contributed by atoms with Gasteiger partial charge in [0.15, 0.2) is 0 Å². The van der Waals surface area contributed by atoms with Crippen LogP contribution in [0.25, 0.3) is 0 Å².